The summed E-state index contributed by atoms with van der Waals surface area (Å²) in [6, 6.07) is 6.39. The van der Waals surface area contributed by atoms with E-state index in [1.54, 1.807) is 39.8 Å². The Morgan fingerprint density at radius 2 is 1.20 bits per heavy atom. The van der Waals surface area contributed by atoms with Gasteiger partial charge in [0.2, 0.25) is 23.6 Å². The average Bonchev–Trinajstić information content (AvgIpc) is 3.55. The summed E-state index contributed by atoms with van der Waals surface area (Å²) >= 11 is 0. The Morgan fingerprint density at radius 1 is 0.662 bits per heavy atom. The van der Waals surface area contributed by atoms with Crippen molar-refractivity contribution in [1.82, 2.24) is 40.4 Å². The van der Waals surface area contributed by atoms with Gasteiger partial charge in [0.25, 0.3) is 5.91 Å². The lowest BCUT2D eigenvalue weighted by molar-refractivity contribution is -0.144. The molecule has 2 aliphatic heterocycles. The number of imide groups is 1. The van der Waals surface area contributed by atoms with Gasteiger partial charge in [-0.1, -0.05) is 25.5 Å². The van der Waals surface area contributed by atoms with Crippen molar-refractivity contribution in [2.24, 2.45) is 11.8 Å². The number of hydrogen-bond donors (Lipinski definition) is 7. The van der Waals surface area contributed by atoms with Crippen molar-refractivity contribution in [1.29, 1.82) is 0 Å². The number of amides is 5. The number of Topliss-reactive ketones (excluding diaryl/α,β-unsaturated/α-hetero) is 1. The van der Waals surface area contributed by atoms with Gasteiger partial charge in [-0.2, -0.15) is 0 Å². The first-order valence-corrected chi connectivity index (χ1v) is 23.7. The molecule has 0 bridgehead atoms. The van der Waals surface area contributed by atoms with E-state index >= 15 is 0 Å². The van der Waals surface area contributed by atoms with Crippen LogP contribution in [0.5, 0.6) is 0 Å². The molecule has 0 radical (unpaired) electrons. The quantitative estimate of drug-likeness (QED) is 0.0300. The first-order chi connectivity index (χ1) is 33.9. The van der Waals surface area contributed by atoms with Crippen LogP contribution in [0.2, 0.25) is 0 Å². The number of carboxylic acid groups (broad SMARTS) is 4. The minimum Gasteiger partial charge on any atom is -0.481 e. The Morgan fingerprint density at radius 3 is 1.72 bits per heavy atom. The molecule has 25 heteroatoms. The van der Waals surface area contributed by atoms with Gasteiger partial charge in [0.1, 0.15) is 6.61 Å². The number of benzene rings is 1. The zero-order chi connectivity index (χ0) is 52.1. The van der Waals surface area contributed by atoms with Crippen LogP contribution >= 0.6 is 0 Å². The minimum absolute atomic E-state index is 0.0216. The van der Waals surface area contributed by atoms with Gasteiger partial charge in [0.15, 0.2) is 5.78 Å². The maximum atomic E-state index is 12.8. The molecule has 0 aliphatic carbocycles. The molecule has 0 aromatic heterocycles. The smallest absolute Gasteiger partial charge is 0.317 e. The molecule has 2 fully saturated rings. The lowest BCUT2D eigenvalue weighted by Gasteiger charge is -2.32. The predicted molar refractivity (Wildman–Crippen MR) is 250 cm³/mol. The van der Waals surface area contributed by atoms with E-state index in [1.807, 2.05) is 4.90 Å². The van der Waals surface area contributed by atoms with Crippen molar-refractivity contribution >= 4 is 59.2 Å². The SMILES string of the molecule is CC1CC(=O)N(CCCC[C@H](CC(=O)CNC(=O)c2cccc(CNC(=O)COCCOCCOCCNC(=O)CN3CCN(CC(=O)O)CCN(CC(=O)O)CCN(CC(=O)O)CC3)c2)C(=O)O)C1=O. The number of unbranched alkanes of at least 4 members (excludes halogenated alkanes) is 1. The number of ether oxygens (including phenoxy) is 3. The van der Waals surface area contributed by atoms with Gasteiger partial charge in [0, 0.05) is 96.3 Å². The van der Waals surface area contributed by atoms with E-state index in [4.69, 9.17) is 14.2 Å². The van der Waals surface area contributed by atoms with Crippen molar-refractivity contribution in [3.05, 3.63) is 35.4 Å². The minimum atomic E-state index is -1.15. The lowest BCUT2D eigenvalue weighted by atomic mass is 9.96. The highest BCUT2D eigenvalue weighted by Crippen LogP contribution is 2.21. The Bertz CT molecular complexity index is 1920. The highest BCUT2D eigenvalue weighted by molar-refractivity contribution is 6.03. The molecule has 7 N–H and O–H groups in total. The molecule has 2 atom stereocenters. The Kier molecular flexibility index (Phi) is 27.4. The van der Waals surface area contributed by atoms with Crippen LogP contribution in [0.4, 0.5) is 0 Å². The van der Waals surface area contributed by atoms with Crippen LogP contribution in [0.15, 0.2) is 24.3 Å². The second-order valence-electron chi connectivity index (χ2n) is 17.3. The zero-order valence-corrected chi connectivity index (χ0v) is 40.4. The summed E-state index contributed by atoms with van der Waals surface area (Å²) in [5, 5.41) is 45.8. The second-order valence-corrected chi connectivity index (χ2v) is 17.3. The lowest BCUT2D eigenvalue weighted by Crippen LogP contribution is -2.50. The van der Waals surface area contributed by atoms with Crippen LogP contribution in [0.1, 0.15) is 54.9 Å². The van der Waals surface area contributed by atoms with Crippen molar-refractivity contribution in [3.63, 3.8) is 0 Å². The van der Waals surface area contributed by atoms with Gasteiger partial charge in [-0.3, -0.25) is 72.4 Å². The van der Waals surface area contributed by atoms with Crippen LogP contribution < -0.4 is 16.0 Å². The van der Waals surface area contributed by atoms with Gasteiger partial charge < -0.3 is 50.6 Å². The number of likely N-dealkylation sites (tertiary alicyclic amines) is 1. The van der Waals surface area contributed by atoms with Gasteiger partial charge in [0.05, 0.1) is 71.7 Å². The van der Waals surface area contributed by atoms with Crippen molar-refractivity contribution in [2.45, 2.75) is 45.6 Å². The number of ketones is 1. The molecule has 0 spiro atoms. The maximum Gasteiger partial charge on any atom is 0.317 e. The highest BCUT2D eigenvalue weighted by atomic mass is 16.5. The molecule has 2 heterocycles. The van der Waals surface area contributed by atoms with Crippen molar-refractivity contribution in [2.75, 3.05) is 138 Å². The number of nitrogens with one attached hydrogen (secondary N) is 3. The molecular formula is C46H70N8O17. The first kappa shape index (κ1) is 59.3. The fraction of sp³-hybridized carbons (Fsp3) is 0.652. The van der Waals surface area contributed by atoms with E-state index in [9.17, 15) is 68.4 Å². The fourth-order valence-electron chi connectivity index (χ4n) is 7.67. The molecular weight excluding hydrogens is 937 g/mol. The normalized spacial score (nSPS) is 17.2. The van der Waals surface area contributed by atoms with Crippen molar-refractivity contribution in [3.8, 4) is 0 Å². The average molecular weight is 1010 g/mol. The highest BCUT2D eigenvalue weighted by Gasteiger charge is 2.35. The van der Waals surface area contributed by atoms with E-state index in [0.29, 0.717) is 31.5 Å². The van der Waals surface area contributed by atoms with E-state index in [-0.39, 0.29) is 180 Å². The number of carbonyl (C=O) groups is 10. The summed E-state index contributed by atoms with van der Waals surface area (Å²) < 4.78 is 16.4. The van der Waals surface area contributed by atoms with Gasteiger partial charge in [-0.05, 0) is 30.5 Å². The zero-order valence-electron chi connectivity index (χ0n) is 40.4. The third kappa shape index (κ3) is 25.1. The molecule has 1 aromatic rings. The summed E-state index contributed by atoms with van der Waals surface area (Å²) in [4.78, 5) is 129. The number of nitrogens with zero attached hydrogens (tertiary/aromatic N) is 5. The summed E-state index contributed by atoms with van der Waals surface area (Å²) in [6.45, 7) is 3.95. The number of aliphatic carboxylic acids is 4. The van der Waals surface area contributed by atoms with Crippen LogP contribution in [-0.2, 0) is 63.9 Å². The maximum absolute atomic E-state index is 12.8. The number of carbonyl (C=O) groups excluding carboxylic acids is 6. The van der Waals surface area contributed by atoms with E-state index < -0.39 is 47.4 Å². The summed E-state index contributed by atoms with van der Waals surface area (Å²) in [6.07, 6.45) is 0.862. The second kappa shape index (κ2) is 32.8. The van der Waals surface area contributed by atoms with E-state index in [1.165, 1.54) is 11.0 Å². The van der Waals surface area contributed by atoms with Gasteiger partial charge in [-0.25, -0.2) is 0 Å². The third-order valence-corrected chi connectivity index (χ3v) is 11.5. The molecule has 2 aliphatic rings. The summed E-state index contributed by atoms with van der Waals surface area (Å²) in [7, 11) is 0. The summed E-state index contributed by atoms with van der Waals surface area (Å²) in [5.74, 6) is -7.83. The number of rotatable bonds is 32. The first-order valence-electron chi connectivity index (χ1n) is 23.7. The third-order valence-electron chi connectivity index (χ3n) is 11.5. The largest absolute Gasteiger partial charge is 0.481 e. The van der Waals surface area contributed by atoms with E-state index in [2.05, 4.69) is 16.0 Å². The molecule has 1 aromatic carbocycles. The van der Waals surface area contributed by atoms with Crippen LogP contribution in [0.3, 0.4) is 0 Å². The van der Waals surface area contributed by atoms with Gasteiger partial charge >= 0.3 is 23.9 Å². The Labute approximate surface area is 412 Å². The fourth-order valence-corrected chi connectivity index (χ4v) is 7.67. The van der Waals surface area contributed by atoms with Crippen molar-refractivity contribution < 1.29 is 82.6 Å². The Hall–Kier alpha value is -5.96. The molecule has 25 nitrogen and oxygen atoms in total. The monoisotopic (exact) mass is 1010 g/mol. The van der Waals surface area contributed by atoms with E-state index in [0.717, 1.165) is 0 Å². The molecule has 396 valence electrons. The standard InChI is InChI=1S/C46H70N8O17/c1-33-23-40(58)54(45(33)66)9-3-2-6-36(46(67)68)25-37(55)27-49-44(65)35-7-4-5-34(24-35)26-48-39(57)32-71-22-21-70-20-19-69-18-8-47-38(56)28-50-10-12-51(29-41(59)60)14-16-53(31-43(63)64)17-15-52(13-11-50)30-42(61)62/h4-5,7,24,33,36H,2-3,6,8-23,25-32H2,1H3,(H,47,56)(H,48,57)(H,49,65)(H,59,60)(H,61,62)(H,63,64)(H,67,68)/t33?,36-/m1/s1. The number of carboxylic acids is 4. The van der Waals surface area contributed by atoms with Gasteiger partial charge in [-0.15, -0.1) is 0 Å². The molecule has 1 unspecified atom stereocenters. The molecule has 3 rings (SSSR count). The molecule has 71 heavy (non-hydrogen) atoms. The van der Waals surface area contributed by atoms with Crippen LogP contribution in [-0.4, -0.2) is 242 Å². The molecule has 5 amide bonds. The van der Waals surface area contributed by atoms with Crippen LogP contribution in [0.25, 0.3) is 0 Å². The Balaban J connectivity index is 1.25. The van der Waals surface area contributed by atoms with Crippen LogP contribution in [0, 0.1) is 11.8 Å². The molecule has 2 saturated heterocycles. The topological polar surface area (TPSA) is 332 Å². The summed E-state index contributed by atoms with van der Waals surface area (Å²) in [5.41, 5.74) is 0.838. The molecule has 0 saturated carbocycles. The number of hydrogen-bond acceptors (Lipinski definition) is 17. The predicted octanol–water partition coefficient (Wildman–Crippen LogP) is -2.10.